The van der Waals surface area contributed by atoms with E-state index in [9.17, 15) is 4.79 Å². The molecule has 0 aliphatic carbocycles. The van der Waals surface area contributed by atoms with Gasteiger partial charge in [-0.1, -0.05) is 18.7 Å². The van der Waals surface area contributed by atoms with Crippen molar-refractivity contribution in [2.75, 3.05) is 14.1 Å². The summed E-state index contributed by atoms with van der Waals surface area (Å²) in [7, 11) is 3.95. The normalized spacial score (nSPS) is 14.6. The summed E-state index contributed by atoms with van der Waals surface area (Å²) in [6, 6.07) is 0.235. The highest BCUT2D eigenvalue weighted by Crippen LogP contribution is 2.26. The summed E-state index contributed by atoms with van der Waals surface area (Å²) in [6.07, 6.45) is 0.892. The number of thioether (sulfide) groups is 1. The monoisotopic (exact) mass is 300 g/mol. The smallest absolute Gasteiger partial charge is 0.277 e. The van der Waals surface area contributed by atoms with Gasteiger partial charge in [0.25, 0.3) is 5.22 Å². The van der Waals surface area contributed by atoms with Crippen LogP contribution in [-0.4, -0.2) is 46.4 Å². The summed E-state index contributed by atoms with van der Waals surface area (Å²) >= 11 is 1.28. The van der Waals surface area contributed by atoms with Gasteiger partial charge >= 0.3 is 0 Å². The summed E-state index contributed by atoms with van der Waals surface area (Å²) in [6.45, 7) is 7.77. The highest BCUT2D eigenvalue weighted by molar-refractivity contribution is 8.00. The molecule has 0 aromatic carbocycles. The van der Waals surface area contributed by atoms with E-state index < -0.39 is 0 Å². The molecule has 1 heterocycles. The maximum absolute atomic E-state index is 11.8. The van der Waals surface area contributed by atoms with E-state index in [1.54, 1.807) is 0 Å². The molecule has 1 amide bonds. The van der Waals surface area contributed by atoms with Crippen molar-refractivity contribution in [1.29, 1.82) is 0 Å². The SMILES string of the molecule is CC[C@H](c1nnc(S[C@H](C)C(=O)NC(C)C)o1)N(C)C. The van der Waals surface area contributed by atoms with E-state index in [2.05, 4.69) is 22.4 Å². The molecule has 20 heavy (non-hydrogen) atoms. The Morgan fingerprint density at radius 2 is 2.00 bits per heavy atom. The van der Waals surface area contributed by atoms with Crippen LogP contribution in [0.3, 0.4) is 0 Å². The van der Waals surface area contributed by atoms with Crippen LogP contribution >= 0.6 is 11.8 Å². The fourth-order valence-electron chi connectivity index (χ4n) is 1.77. The third-order valence-corrected chi connectivity index (χ3v) is 3.73. The first-order valence-corrected chi connectivity index (χ1v) is 7.70. The van der Waals surface area contributed by atoms with Gasteiger partial charge in [-0.15, -0.1) is 10.2 Å². The van der Waals surface area contributed by atoms with Crippen molar-refractivity contribution in [3.8, 4) is 0 Å². The number of hydrogen-bond donors (Lipinski definition) is 1. The number of hydrogen-bond acceptors (Lipinski definition) is 6. The van der Waals surface area contributed by atoms with Crippen molar-refractivity contribution < 1.29 is 9.21 Å². The van der Waals surface area contributed by atoms with Crippen molar-refractivity contribution in [3.63, 3.8) is 0 Å². The van der Waals surface area contributed by atoms with Gasteiger partial charge in [-0.05, 0) is 41.3 Å². The second-order valence-corrected chi connectivity index (χ2v) is 6.51. The largest absolute Gasteiger partial charge is 0.414 e. The van der Waals surface area contributed by atoms with Crippen LogP contribution in [0.4, 0.5) is 0 Å². The molecular weight excluding hydrogens is 276 g/mol. The Labute approximate surface area is 124 Å². The maximum atomic E-state index is 11.8. The lowest BCUT2D eigenvalue weighted by Crippen LogP contribution is -2.35. The Morgan fingerprint density at radius 3 is 2.50 bits per heavy atom. The molecule has 1 aromatic rings. The molecule has 0 aliphatic heterocycles. The summed E-state index contributed by atoms with van der Waals surface area (Å²) < 4.78 is 5.64. The zero-order chi connectivity index (χ0) is 15.3. The predicted octanol–water partition coefficient (Wildman–Crippen LogP) is 2.09. The minimum Gasteiger partial charge on any atom is -0.414 e. The Morgan fingerprint density at radius 1 is 1.35 bits per heavy atom. The van der Waals surface area contributed by atoms with E-state index in [0.29, 0.717) is 11.1 Å². The number of nitrogens with zero attached hydrogens (tertiary/aromatic N) is 3. The number of carbonyl (C=O) groups is 1. The van der Waals surface area contributed by atoms with E-state index in [1.165, 1.54) is 11.8 Å². The molecule has 0 unspecified atom stereocenters. The molecule has 0 aliphatic rings. The van der Waals surface area contributed by atoms with Gasteiger partial charge in [0.15, 0.2) is 0 Å². The van der Waals surface area contributed by atoms with Crippen LogP contribution < -0.4 is 5.32 Å². The highest BCUT2D eigenvalue weighted by Gasteiger charge is 2.22. The van der Waals surface area contributed by atoms with Gasteiger partial charge in [0.1, 0.15) is 0 Å². The van der Waals surface area contributed by atoms with Crippen LogP contribution in [0.25, 0.3) is 0 Å². The van der Waals surface area contributed by atoms with Gasteiger partial charge in [0.05, 0.1) is 11.3 Å². The fraction of sp³-hybridized carbons (Fsp3) is 0.769. The van der Waals surface area contributed by atoms with Crippen molar-refractivity contribution in [3.05, 3.63) is 5.89 Å². The van der Waals surface area contributed by atoms with Gasteiger partial charge in [-0.3, -0.25) is 9.69 Å². The zero-order valence-corrected chi connectivity index (χ0v) is 13.8. The van der Waals surface area contributed by atoms with Gasteiger partial charge in [-0.2, -0.15) is 0 Å². The van der Waals surface area contributed by atoms with Crippen LogP contribution in [0.15, 0.2) is 9.64 Å². The van der Waals surface area contributed by atoms with Gasteiger partial charge in [0.2, 0.25) is 11.8 Å². The standard InChI is InChI=1S/C13H24N4O2S/c1-7-10(17(5)6)12-15-16-13(19-12)20-9(4)11(18)14-8(2)3/h8-10H,7H2,1-6H3,(H,14,18)/t9-,10-/m1/s1. The summed E-state index contributed by atoms with van der Waals surface area (Å²) in [4.78, 5) is 13.9. The minimum absolute atomic E-state index is 0.0237. The third kappa shape index (κ3) is 4.79. The van der Waals surface area contributed by atoms with E-state index in [1.807, 2.05) is 39.8 Å². The molecule has 114 valence electrons. The fourth-order valence-corrected chi connectivity index (χ4v) is 2.47. The average molecular weight is 300 g/mol. The summed E-state index contributed by atoms with van der Waals surface area (Å²) in [5, 5.41) is 11.1. The second kappa shape index (κ2) is 7.64. The summed E-state index contributed by atoms with van der Waals surface area (Å²) in [5.74, 6) is 0.570. The number of nitrogens with one attached hydrogen (secondary N) is 1. The first kappa shape index (κ1) is 17.0. The lowest BCUT2D eigenvalue weighted by atomic mass is 10.2. The molecule has 0 bridgehead atoms. The third-order valence-electron chi connectivity index (χ3n) is 2.79. The van der Waals surface area contributed by atoms with Crippen molar-refractivity contribution in [2.45, 2.75) is 56.7 Å². The molecule has 0 radical (unpaired) electrons. The van der Waals surface area contributed by atoms with Gasteiger partial charge < -0.3 is 9.73 Å². The van der Waals surface area contributed by atoms with Crippen molar-refractivity contribution >= 4 is 17.7 Å². The predicted molar refractivity (Wildman–Crippen MR) is 79.6 cm³/mol. The molecule has 1 rings (SSSR count). The lowest BCUT2D eigenvalue weighted by Gasteiger charge is -2.18. The van der Waals surface area contributed by atoms with Crippen LogP contribution in [0.1, 0.15) is 46.0 Å². The lowest BCUT2D eigenvalue weighted by molar-refractivity contribution is -0.120. The van der Waals surface area contributed by atoms with Gasteiger partial charge in [0, 0.05) is 6.04 Å². The van der Waals surface area contributed by atoms with Crippen molar-refractivity contribution in [1.82, 2.24) is 20.4 Å². The minimum atomic E-state index is -0.259. The zero-order valence-electron chi connectivity index (χ0n) is 13.0. The van der Waals surface area contributed by atoms with E-state index in [-0.39, 0.29) is 23.2 Å². The molecule has 0 fully saturated rings. The molecule has 0 saturated carbocycles. The highest BCUT2D eigenvalue weighted by atomic mass is 32.2. The number of amides is 1. The Kier molecular flexibility index (Phi) is 6.48. The van der Waals surface area contributed by atoms with Gasteiger partial charge in [-0.25, -0.2) is 0 Å². The molecule has 1 aromatic heterocycles. The van der Waals surface area contributed by atoms with E-state index in [0.717, 1.165) is 6.42 Å². The average Bonchev–Trinajstić information content (AvgIpc) is 2.76. The van der Waals surface area contributed by atoms with Crippen LogP contribution in [0, 0.1) is 0 Å². The number of aromatic nitrogens is 2. The Bertz CT molecular complexity index is 434. The summed E-state index contributed by atoms with van der Waals surface area (Å²) in [5.41, 5.74) is 0. The topological polar surface area (TPSA) is 71.3 Å². The molecular formula is C13H24N4O2S. The Balaban J connectivity index is 2.66. The van der Waals surface area contributed by atoms with Crippen LogP contribution in [0.2, 0.25) is 0 Å². The quantitative estimate of drug-likeness (QED) is 0.777. The first-order chi connectivity index (χ1) is 9.35. The maximum Gasteiger partial charge on any atom is 0.277 e. The number of carbonyl (C=O) groups excluding carboxylic acids is 1. The van der Waals surface area contributed by atoms with E-state index >= 15 is 0 Å². The second-order valence-electron chi connectivity index (χ2n) is 5.22. The molecule has 2 atom stereocenters. The molecule has 0 spiro atoms. The van der Waals surface area contributed by atoms with Crippen molar-refractivity contribution in [2.24, 2.45) is 0 Å². The number of rotatable bonds is 7. The van der Waals surface area contributed by atoms with Crippen LogP contribution in [0.5, 0.6) is 0 Å². The van der Waals surface area contributed by atoms with E-state index in [4.69, 9.17) is 4.42 Å². The molecule has 7 heteroatoms. The molecule has 6 nitrogen and oxygen atoms in total. The van der Waals surface area contributed by atoms with Crippen LogP contribution in [-0.2, 0) is 4.79 Å². The Hall–Kier alpha value is -1.08. The molecule has 0 saturated heterocycles. The first-order valence-electron chi connectivity index (χ1n) is 6.82. The molecule has 1 N–H and O–H groups in total.